The van der Waals surface area contributed by atoms with Gasteiger partial charge in [-0.1, -0.05) is 19.0 Å². The van der Waals surface area contributed by atoms with E-state index in [1.54, 1.807) is 0 Å². The molecule has 0 bridgehead atoms. The predicted molar refractivity (Wildman–Crippen MR) is 103 cm³/mol. The molecule has 1 saturated heterocycles. The average molecular weight is 360 g/mol. The zero-order valence-electron chi connectivity index (χ0n) is 16.8. The summed E-state index contributed by atoms with van der Waals surface area (Å²) in [4.78, 5) is 0. The third-order valence-corrected chi connectivity index (χ3v) is 10.3. The summed E-state index contributed by atoms with van der Waals surface area (Å²) in [6, 6.07) is 0. The van der Waals surface area contributed by atoms with Crippen LogP contribution in [0.3, 0.4) is 0 Å². The number of hydrogen-bond donors (Lipinski definition) is 1. The van der Waals surface area contributed by atoms with E-state index >= 15 is 0 Å². The number of fused-ring (bicyclic) bond motifs is 6. The van der Waals surface area contributed by atoms with Gasteiger partial charge in [-0.15, -0.1) is 0 Å². The quantitative estimate of drug-likeness (QED) is 0.439. The van der Waals surface area contributed by atoms with Crippen LogP contribution in [0, 0.1) is 34.5 Å². The second kappa shape index (κ2) is 5.96. The van der Waals surface area contributed by atoms with Crippen molar-refractivity contribution >= 4 is 5.71 Å². The minimum absolute atomic E-state index is 0.223. The standard InChI is InChI=1S/C23H37NO2/c1-21-10-3-5-17(24-25)15-16(21)6-7-18-19(21)8-12-22(2)20(18)9-13-23(22)11-4-14-26-23/h16,18-20,25H,3-15H2,1-2H3/b24-17+. The zero-order valence-corrected chi connectivity index (χ0v) is 16.8. The number of oxime groups is 1. The fourth-order valence-electron chi connectivity index (χ4n) is 8.85. The van der Waals surface area contributed by atoms with Gasteiger partial charge in [0.1, 0.15) is 0 Å². The van der Waals surface area contributed by atoms with Gasteiger partial charge >= 0.3 is 0 Å². The molecule has 0 aromatic carbocycles. The Morgan fingerprint density at radius 1 is 0.962 bits per heavy atom. The lowest BCUT2D eigenvalue weighted by atomic mass is 9.45. The summed E-state index contributed by atoms with van der Waals surface area (Å²) in [7, 11) is 0. The molecule has 4 aliphatic carbocycles. The predicted octanol–water partition coefficient (Wildman–Crippen LogP) is 5.80. The third-order valence-electron chi connectivity index (χ3n) is 10.3. The van der Waals surface area contributed by atoms with Crippen molar-refractivity contribution in [1.29, 1.82) is 0 Å². The van der Waals surface area contributed by atoms with Crippen molar-refractivity contribution in [2.45, 2.75) is 96.5 Å². The molecule has 1 aliphatic heterocycles. The minimum Gasteiger partial charge on any atom is -0.411 e. The molecular weight excluding hydrogens is 322 g/mol. The zero-order chi connectivity index (χ0) is 18.0. The van der Waals surface area contributed by atoms with Crippen LogP contribution >= 0.6 is 0 Å². The molecule has 0 amide bonds. The lowest BCUT2D eigenvalue weighted by Crippen LogP contribution is -2.55. The number of rotatable bonds is 0. The third kappa shape index (κ3) is 2.19. The minimum atomic E-state index is 0.223. The van der Waals surface area contributed by atoms with E-state index in [9.17, 15) is 5.21 Å². The molecule has 26 heavy (non-hydrogen) atoms. The molecule has 0 aromatic heterocycles. The molecule has 3 heteroatoms. The SMILES string of the molecule is CC12CCC/C(=N\O)CC1CCC1C2CCC2(C)C1CCC21CCCO1. The van der Waals surface area contributed by atoms with E-state index in [1.807, 2.05) is 0 Å². The summed E-state index contributed by atoms with van der Waals surface area (Å²) >= 11 is 0. The van der Waals surface area contributed by atoms with Gasteiger partial charge in [0.05, 0.1) is 11.3 Å². The maximum Gasteiger partial charge on any atom is 0.0739 e. The summed E-state index contributed by atoms with van der Waals surface area (Å²) < 4.78 is 6.49. The summed E-state index contributed by atoms with van der Waals surface area (Å²) in [5.41, 5.74) is 2.18. The average Bonchev–Trinajstić information content (AvgIpc) is 3.18. The molecule has 7 unspecified atom stereocenters. The Hall–Kier alpha value is -0.570. The first-order chi connectivity index (χ1) is 12.5. The Morgan fingerprint density at radius 3 is 2.58 bits per heavy atom. The molecule has 7 atom stereocenters. The fraction of sp³-hybridized carbons (Fsp3) is 0.957. The van der Waals surface area contributed by atoms with Crippen molar-refractivity contribution in [2.24, 2.45) is 39.7 Å². The number of nitrogens with zero attached hydrogens (tertiary/aromatic N) is 1. The Labute approximate surface area is 158 Å². The first kappa shape index (κ1) is 17.5. The monoisotopic (exact) mass is 359 g/mol. The molecule has 5 aliphatic rings. The van der Waals surface area contributed by atoms with Gasteiger partial charge in [0, 0.05) is 6.61 Å². The lowest BCUT2D eigenvalue weighted by Gasteiger charge is -2.60. The largest absolute Gasteiger partial charge is 0.411 e. The Kier molecular flexibility index (Phi) is 4.02. The highest BCUT2D eigenvalue weighted by atomic mass is 16.5. The first-order valence-electron chi connectivity index (χ1n) is 11.4. The highest BCUT2D eigenvalue weighted by Crippen LogP contribution is 2.69. The second-order valence-electron chi connectivity index (χ2n) is 10.8. The molecule has 146 valence electrons. The maximum absolute atomic E-state index is 9.37. The van der Waals surface area contributed by atoms with E-state index in [-0.39, 0.29) is 5.60 Å². The van der Waals surface area contributed by atoms with Crippen molar-refractivity contribution < 1.29 is 9.94 Å². The van der Waals surface area contributed by atoms with E-state index in [2.05, 4.69) is 19.0 Å². The van der Waals surface area contributed by atoms with Crippen LogP contribution in [0.5, 0.6) is 0 Å². The highest BCUT2D eigenvalue weighted by Gasteiger charge is 2.65. The fourth-order valence-corrected chi connectivity index (χ4v) is 8.85. The van der Waals surface area contributed by atoms with Crippen molar-refractivity contribution in [3.63, 3.8) is 0 Å². The topological polar surface area (TPSA) is 41.8 Å². The summed E-state index contributed by atoms with van der Waals surface area (Å²) in [6.07, 6.45) is 15.4. The van der Waals surface area contributed by atoms with E-state index in [1.165, 1.54) is 64.2 Å². The van der Waals surface area contributed by atoms with Gasteiger partial charge in [0.25, 0.3) is 0 Å². The van der Waals surface area contributed by atoms with Crippen LogP contribution in [0.15, 0.2) is 5.16 Å². The van der Waals surface area contributed by atoms with Gasteiger partial charge in [0.15, 0.2) is 0 Å². The summed E-state index contributed by atoms with van der Waals surface area (Å²) in [6.45, 7) is 6.21. The van der Waals surface area contributed by atoms with Crippen molar-refractivity contribution in [1.82, 2.24) is 0 Å². The second-order valence-corrected chi connectivity index (χ2v) is 10.8. The molecule has 0 aromatic rings. The molecule has 1 spiro atoms. The normalized spacial score (nSPS) is 55.4. The molecule has 1 heterocycles. The molecule has 4 saturated carbocycles. The van der Waals surface area contributed by atoms with Crippen LogP contribution < -0.4 is 0 Å². The van der Waals surface area contributed by atoms with Crippen molar-refractivity contribution in [3.05, 3.63) is 0 Å². The van der Waals surface area contributed by atoms with Crippen LogP contribution in [0.4, 0.5) is 0 Å². The van der Waals surface area contributed by atoms with Crippen LogP contribution in [0.2, 0.25) is 0 Å². The molecule has 5 rings (SSSR count). The van der Waals surface area contributed by atoms with Crippen LogP contribution in [-0.2, 0) is 4.74 Å². The number of hydrogen-bond acceptors (Lipinski definition) is 3. The first-order valence-corrected chi connectivity index (χ1v) is 11.4. The molecule has 1 N–H and O–H groups in total. The van der Waals surface area contributed by atoms with E-state index in [0.29, 0.717) is 10.8 Å². The van der Waals surface area contributed by atoms with Gasteiger partial charge in [0.2, 0.25) is 0 Å². The van der Waals surface area contributed by atoms with Crippen molar-refractivity contribution in [2.75, 3.05) is 6.61 Å². The summed E-state index contributed by atoms with van der Waals surface area (Å²) in [5, 5.41) is 13.0. The Balaban J connectivity index is 1.45. The van der Waals surface area contributed by atoms with Gasteiger partial charge < -0.3 is 9.94 Å². The van der Waals surface area contributed by atoms with Gasteiger partial charge in [-0.3, -0.25) is 0 Å². The van der Waals surface area contributed by atoms with E-state index < -0.39 is 0 Å². The van der Waals surface area contributed by atoms with Crippen LogP contribution in [-0.4, -0.2) is 23.1 Å². The van der Waals surface area contributed by atoms with Gasteiger partial charge in [-0.25, -0.2) is 0 Å². The van der Waals surface area contributed by atoms with E-state index in [4.69, 9.17) is 4.74 Å². The van der Waals surface area contributed by atoms with Crippen LogP contribution in [0.1, 0.15) is 90.9 Å². The van der Waals surface area contributed by atoms with Gasteiger partial charge in [-0.2, -0.15) is 0 Å². The highest BCUT2D eigenvalue weighted by molar-refractivity contribution is 5.84. The Morgan fingerprint density at radius 2 is 1.81 bits per heavy atom. The summed E-state index contributed by atoms with van der Waals surface area (Å²) in [5.74, 6) is 3.41. The smallest absolute Gasteiger partial charge is 0.0739 e. The lowest BCUT2D eigenvalue weighted by molar-refractivity contribution is -0.150. The molecule has 0 radical (unpaired) electrons. The van der Waals surface area contributed by atoms with Crippen molar-refractivity contribution in [3.8, 4) is 0 Å². The molecule has 5 fully saturated rings. The van der Waals surface area contributed by atoms with E-state index in [0.717, 1.165) is 48.8 Å². The molecular formula is C23H37NO2. The molecule has 3 nitrogen and oxygen atoms in total. The maximum atomic E-state index is 9.37. The van der Waals surface area contributed by atoms with Crippen LogP contribution in [0.25, 0.3) is 0 Å². The number of ether oxygens (including phenoxy) is 1. The van der Waals surface area contributed by atoms with Gasteiger partial charge in [-0.05, 0) is 112 Å². The Bertz CT molecular complexity index is 595.